The van der Waals surface area contributed by atoms with Crippen molar-refractivity contribution in [2.45, 2.75) is 57.9 Å². The van der Waals surface area contributed by atoms with E-state index in [1.165, 1.54) is 0 Å². The van der Waals surface area contributed by atoms with E-state index < -0.39 is 11.5 Å². The number of amides is 1. The van der Waals surface area contributed by atoms with Gasteiger partial charge in [-0.05, 0) is 32.8 Å². The van der Waals surface area contributed by atoms with Gasteiger partial charge in [0.1, 0.15) is 5.54 Å². The molecule has 1 amide bonds. The lowest BCUT2D eigenvalue weighted by Gasteiger charge is -2.29. The second-order valence-corrected chi connectivity index (χ2v) is 5.74. The number of hydrogen-bond donors (Lipinski definition) is 2. The first kappa shape index (κ1) is 15.4. The molecular weight excluding hydrogens is 270 g/mol. The van der Waals surface area contributed by atoms with Gasteiger partial charge in [-0.15, -0.1) is 0 Å². The van der Waals surface area contributed by atoms with Gasteiger partial charge in [-0.1, -0.05) is 25.7 Å². The van der Waals surface area contributed by atoms with Crippen LogP contribution in [0.1, 0.15) is 60.3 Å². The molecule has 0 unspecified atom stereocenters. The van der Waals surface area contributed by atoms with Crippen LogP contribution in [0.25, 0.3) is 0 Å². The molecule has 0 atom stereocenters. The number of carboxylic acid groups (broad SMARTS) is 1. The molecule has 2 rings (SSSR count). The second kappa shape index (κ2) is 6.20. The highest BCUT2D eigenvalue weighted by Crippen LogP contribution is 2.28. The first-order valence-corrected chi connectivity index (χ1v) is 7.31. The predicted molar refractivity (Wildman–Crippen MR) is 77.0 cm³/mol. The van der Waals surface area contributed by atoms with Crippen LogP contribution in [0, 0.1) is 13.8 Å². The fourth-order valence-corrected chi connectivity index (χ4v) is 2.79. The van der Waals surface area contributed by atoms with Crippen LogP contribution in [0.5, 0.6) is 0 Å². The molecule has 1 fully saturated rings. The van der Waals surface area contributed by atoms with E-state index in [2.05, 4.69) is 15.5 Å². The summed E-state index contributed by atoms with van der Waals surface area (Å²) in [5.74, 6) is -1.33. The molecule has 0 spiro atoms. The zero-order valence-electron chi connectivity index (χ0n) is 12.5. The predicted octanol–water partition coefficient (Wildman–Crippen LogP) is 2.00. The summed E-state index contributed by atoms with van der Waals surface area (Å²) in [4.78, 5) is 24.2. The van der Waals surface area contributed by atoms with Gasteiger partial charge in [-0.3, -0.25) is 4.79 Å². The maximum atomic E-state index is 12.5. The fourth-order valence-electron chi connectivity index (χ4n) is 2.79. The van der Waals surface area contributed by atoms with Gasteiger partial charge >= 0.3 is 5.97 Å². The lowest BCUT2D eigenvalue weighted by atomic mass is 9.89. The van der Waals surface area contributed by atoms with Gasteiger partial charge < -0.3 is 10.4 Å². The van der Waals surface area contributed by atoms with Gasteiger partial charge in [0.2, 0.25) is 0 Å². The average molecular weight is 291 g/mol. The minimum absolute atomic E-state index is 0.380. The number of carboxylic acids is 1. The maximum absolute atomic E-state index is 12.5. The fraction of sp³-hybridized carbons (Fsp3) is 0.600. The normalized spacial score (nSPS) is 17.8. The highest BCUT2D eigenvalue weighted by atomic mass is 16.4. The number of aryl methyl sites for hydroxylation is 2. The van der Waals surface area contributed by atoms with Crippen molar-refractivity contribution in [1.82, 2.24) is 15.5 Å². The van der Waals surface area contributed by atoms with Crippen molar-refractivity contribution in [3.05, 3.63) is 23.0 Å². The summed E-state index contributed by atoms with van der Waals surface area (Å²) in [7, 11) is 0. The van der Waals surface area contributed by atoms with Crippen molar-refractivity contribution < 1.29 is 14.7 Å². The van der Waals surface area contributed by atoms with Crippen molar-refractivity contribution in [3.8, 4) is 0 Å². The Morgan fingerprint density at radius 2 is 1.76 bits per heavy atom. The molecular formula is C15H21N3O3. The summed E-state index contributed by atoms with van der Waals surface area (Å²) < 4.78 is 0. The number of carbonyl (C=O) groups is 2. The van der Waals surface area contributed by atoms with Gasteiger partial charge in [0.15, 0.2) is 0 Å². The molecule has 1 saturated carbocycles. The summed E-state index contributed by atoms with van der Waals surface area (Å²) in [6, 6.07) is 1.64. The van der Waals surface area contributed by atoms with Gasteiger partial charge in [0, 0.05) is 0 Å². The SMILES string of the molecule is Cc1cc(C(=O)NC2(C(=O)O)CCCCCC2)c(C)nn1. The molecule has 6 heteroatoms. The maximum Gasteiger partial charge on any atom is 0.329 e. The van der Waals surface area contributed by atoms with E-state index in [9.17, 15) is 14.7 Å². The molecule has 1 heterocycles. The number of hydrogen-bond acceptors (Lipinski definition) is 4. The lowest BCUT2D eigenvalue weighted by molar-refractivity contribution is -0.145. The van der Waals surface area contributed by atoms with Crippen LogP contribution in [-0.2, 0) is 4.79 Å². The summed E-state index contributed by atoms with van der Waals surface area (Å²) in [5, 5.41) is 20.2. The van der Waals surface area contributed by atoms with Crippen molar-refractivity contribution in [3.63, 3.8) is 0 Å². The van der Waals surface area contributed by atoms with Gasteiger partial charge in [0.05, 0.1) is 17.0 Å². The molecule has 1 aromatic rings. The summed E-state index contributed by atoms with van der Waals surface area (Å²) in [6.07, 6.45) is 4.62. The molecule has 0 aliphatic heterocycles. The molecule has 0 radical (unpaired) electrons. The Morgan fingerprint density at radius 1 is 1.14 bits per heavy atom. The first-order chi connectivity index (χ1) is 9.94. The van der Waals surface area contributed by atoms with Crippen LogP contribution in [0.4, 0.5) is 0 Å². The molecule has 1 aromatic heterocycles. The number of aliphatic carboxylic acids is 1. The molecule has 0 bridgehead atoms. The molecule has 21 heavy (non-hydrogen) atoms. The quantitative estimate of drug-likeness (QED) is 0.831. The monoisotopic (exact) mass is 291 g/mol. The first-order valence-electron chi connectivity index (χ1n) is 7.31. The molecule has 6 nitrogen and oxygen atoms in total. The van der Waals surface area contributed by atoms with E-state index in [1.807, 2.05) is 0 Å². The van der Waals surface area contributed by atoms with Crippen LogP contribution in [0.2, 0.25) is 0 Å². The third kappa shape index (κ3) is 3.37. The van der Waals surface area contributed by atoms with Crippen LogP contribution in [0.15, 0.2) is 6.07 Å². The zero-order chi connectivity index (χ0) is 15.5. The third-order valence-corrected chi connectivity index (χ3v) is 4.06. The van der Waals surface area contributed by atoms with Gasteiger partial charge in [0.25, 0.3) is 5.91 Å². The summed E-state index contributed by atoms with van der Waals surface area (Å²) >= 11 is 0. The van der Waals surface area contributed by atoms with E-state index in [1.54, 1.807) is 19.9 Å². The van der Waals surface area contributed by atoms with Crippen LogP contribution >= 0.6 is 0 Å². The highest BCUT2D eigenvalue weighted by Gasteiger charge is 2.40. The Labute approximate surface area is 124 Å². The third-order valence-electron chi connectivity index (χ3n) is 4.06. The molecule has 0 aromatic carbocycles. The highest BCUT2D eigenvalue weighted by molar-refractivity contribution is 5.98. The Hall–Kier alpha value is -1.98. The van der Waals surface area contributed by atoms with Gasteiger partial charge in [-0.25, -0.2) is 4.79 Å². The number of nitrogens with one attached hydrogen (secondary N) is 1. The number of carbonyl (C=O) groups excluding carboxylic acids is 1. The van der Waals surface area contributed by atoms with Crippen molar-refractivity contribution in [2.24, 2.45) is 0 Å². The largest absolute Gasteiger partial charge is 0.480 e. The molecule has 1 aliphatic rings. The van der Waals surface area contributed by atoms with Gasteiger partial charge in [-0.2, -0.15) is 10.2 Å². The molecule has 2 N–H and O–H groups in total. The lowest BCUT2D eigenvalue weighted by Crippen LogP contribution is -2.54. The number of aromatic nitrogens is 2. The molecule has 1 aliphatic carbocycles. The molecule has 0 saturated heterocycles. The minimum Gasteiger partial charge on any atom is -0.480 e. The standard InChI is InChI=1S/C15H21N3O3/c1-10-9-12(11(2)18-17-10)13(19)16-15(14(20)21)7-5-3-4-6-8-15/h9H,3-8H2,1-2H3,(H,16,19)(H,20,21). The van der Waals surface area contributed by atoms with Crippen molar-refractivity contribution in [2.75, 3.05) is 0 Å². The van der Waals surface area contributed by atoms with Crippen molar-refractivity contribution in [1.29, 1.82) is 0 Å². The summed E-state index contributed by atoms with van der Waals surface area (Å²) in [6.45, 7) is 3.45. The minimum atomic E-state index is -1.16. The smallest absolute Gasteiger partial charge is 0.329 e. The topological polar surface area (TPSA) is 92.2 Å². The van der Waals surface area contributed by atoms with E-state index >= 15 is 0 Å². The second-order valence-electron chi connectivity index (χ2n) is 5.74. The Balaban J connectivity index is 2.26. The zero-order valence-corrected chi connectivity index (χ0v) is 12.5. The average Bonchev–Trinajstić information content (AvgIpc) is 2.68. The van der Waals surface area contributed by atoms with Crippen LogP contribution in [0.3, 0.4) is 0 Å². The van der Waals surface area contributed by atoms with Crippen LogP contribution < -0.4 is 5.32 Å². The van der Waals surface area contributed by atoms with E-state index in [-0.39, 0.29) is 5.91 Å². The van der Waals surface area contributed by atoms with E-state index in [4.69, 9.17) is 0 Å². The Morgan fingerprint density at radius 3 is 2.33 bits per heavy atom. The number of nitrogens with zero attached hydrogens (tertiary/aromatic N) is 2. The summed E-state index contributed by atoms with van der Waals surface area (Å²) in [5.41, 5.74) is 0.382. The Kier molecular flexibility index (Phi) is 4.55. The van der Waals surface area contributed by atoms with Crippen LogP contribution in [-0.4, -0.2) is 32.7 Å². The van der Waals surface area contributed by atoms with Crippen molar-refractivity contribution >= 4 is 11.9 Å². The Bertz CT molecular complexity index is 549. The van der Waals surface area contributed by atoms with E-state index in [0.29, 0.717) is 29.8 Å². The van der Waals surface area contributed by atoms with E-state index in [0.717, 1.165) is 25.7 Å². The number of rotatable bonds is 3. The molecule has 114 valence electrons.